The molecule has 0 amide bonds. The second-order valence-electron chi connectivity index (χ2n) is 2.83. The first-order chi connectivity index (χ1) is 4.70. The number of Topliss-reactive ketones (excluding diaryl/α,β-unsaturated/α-hetero) is 1. The summed E-state index contributed by atoms with van der Waals surface area (Å²) in [5.74, 6) is -0.0146. The van der Waals surface area contributed by atoms with Crippen LogP contribution in [0.15, 0.2) is 0 Å². The zero-order valence-corrected chi connectivity index (χ0v) is 5.36. The molecule has 0 spiro atoms. The maximum absolute atomic E-state index is 10.9. The number of fused-ring (bicyclic) bond motifs is 2. The Morgan fingerprint density at radius 3 is 2.80 bits per heavy atom. The number of ether oxygens (including phenoxy) is 1. The zero-order chi connectivity index (χ0) is 7.30. The minimum Gasteiger partial charge on any atom is -0.388 e. The van der Waals surface area contributed by atoms with Crippen molar-refractivity contribution in [3.63, 3.8) is 0 Å². The summed E-state index contributed by atoms with van der Waals surface area (Å²) in [6, 6.07) is -0.359. The molecule has 0 radical (unpaired) electrons. The minimum absolute atomic E-state index is 0.0146. The summed E-state index contributed by atoms with van der Waals surface area (Å²) >= 11 is 0. The largest absolute Gasteiger partial charge is 0.388 e. The van der Waals surface area contributed by atoms with E-state index in [2.05, 4.69) is 0 Å². The van der Waals surface area contributed by atoms with Crippen LogP contribution in [0.4, 0.5) is 0 Å². The highest BCUT2D eigenvalue weighted by Gasteiger charge is 2.51. The minimum atomic E-state index is -0.772. The molecule has 2 saturated heterocycles. The average molecular weight is 143 g/mol. The van der Waals surface area contributed by atoms with E-state index in [1.54, 1.807) is 0 Å². The lowest BCUT2D eigenvalue weighted by atomic mass is 9.92. The quantitative estimate of drug-likeness (QED) is 0.429. The van der Waals surface area contributed by atoms with Gasteiger partial charge in [0.25, 0.3) is 0 Å². The molecule has 0 aromatic rings. The van der Waals surface area contributed by atoms with Gasteiger partial charge in [0.05, 0.1) is 12.1 Å². The summed E-state index contributed by atoms with van der Waals surface area (Å²) in [6.07, 6.45) is -1.25. The van der Waals surface area contributed by atoms with Gasteiger partial charge in [-0.1, -0.05) is 0 Å². The topological polar surface area (TPSA) is 72.6 Å². The Morgan fingerprint density at radius 1 is 1.70 bits per heavy atom. The van der Waals surface area contributed by atoms with Crippen LogP contribution in [-0.4, -0.2) is 35.2 Å². The SMILES string of the molecule is N[C@H]1[C@@H](O)[C@H]2O[C@@H]1CC2=O. The standard InChI is InChI=1S/C6H9NO3/c7-4-3-1-2(8)6(10-3)5(4)9/h3-6,9H,1,7H2/t3-,4-,5-,6+/m1/s1. The molecule has 2 heterocycles. The third-order valence-corrected chi connectivity index (χ3v) is 2.17. The van der Waals surface area contributed by atoms with Crippen molar-refractivity contribution >= 4 is 5.78 Å². The van der Waals surface area contributed by atoms with Gasteiger partial charge in [0.2, 0.25) is 0 Å². The molecule has 0 aliphatic carbocycles. The number of carbonyl (C=O) groups is 1. The molecule has 4 nitrogen and oxygen atoms in total. The van der Waals surface area contributed by atoms with Crippen molar-refractivity contribution in [3.8, 4) is 0 Å². The summed E-state index contributed by atoms with van der Waals surface area (Å²) < 4.78 is 5.08. The van der Waals surface area contributed by atoms with Gasteiger partial charge in [-0.25, -0.2) is 0 Å². The van der Waals surface area contributed by atoms with E-state index in [1.165, 1.54) is 0 Å². The highest BCUT2D eigenvalue weighted by molar-refractivity contribution is 5.87. The Bertz CT molecular complexity index is 180. The van der Waals surface area contributed by atoms with Gasteiger partial charge in [0.1, 0.15) is 12.2 Å². The first-order valence-corrected chi connectivity index (χ1v) is 3.32. The molecule has 2 aliphatic rings. The average Bonchev–Trinajstić information content (AvgIpc) is 2.36. The third kappa shape index (κ3) is 0.584. The Morgan fingerprint density at radius 2 is 2.40 bits per heavy atom. The van der Waals surface area contributed by atoms with Gasteiger partial charge in [-0.2, -0.15) is 0 Å². The van der Waals surface area contributed by atoms with E-state index in [-0.39, 0.29) is 17.9 Å². The van der Waals surface area contributed by atoms with Crippen LogP contribution in [0.1, 0.15) is 6.42 Å². The number of carbonyl (C=O) groups excluding carboxylic acids is 1. The van der Waals surface area contributed by atoms with Gasteiger partial charge in [-0.3, -0.25) is 4.79 Å². The molecule has 2 bridgehead atoms. The van der Waals surface area contributed by atoms with Gasteiger partial charge in [0, 0.05) is 6.42 Å². The lowest BCUT2D eigenvalue weighted by Gasteiger charge is -2.17. The van der Waals surface area contributed by atoms with Crippen molar-refractivity contribution in [3.05, 3.63) is 0 Å². The summed E-state index contributed by atoms with van der Waals surface area (Å²) in [4.78, 5) is 10.9. The van der Waals surface area contributed by atoms with Gasteiger partial charge in [-0.05, 0) is 0 Å². The Labute approximate surface area is 58.0 Å². The number of rotatable bonds is 0. The van der Waals surface area contributed by atoms with Crippen molar-refractivity contribution in [2.45, 2.75) is 30.8 Å². The van der Waals surface area contributed by atoms with Crippen molar-refractivity contribution < 1.29 is 14.6 Å². The van der Waals surface area contributed by atoms with Crippen LogP contribution in [0.2, 0.25) is 0 Å². The lowest BCUT2D eigenvalue weighted by molar-refractivity contribution is -0.125. The molecule has 56 valence electrons. The molecule has 4 atom stereocenters. The second-order valence-corrected chi connectivity index (χ2v) is 2.83. The Kier molecular flexibility index (Phi) is 1.12. The molecule has 3 N–H and O–H groups in total. The van der Waals surface area contributed by atoms with Gasteiger partial charge in [-0.15, -0.1) is 0 Å². The number of hydrogen-bond acceptors (Lipinski definition) is 4. The molecule has 2 rings (SSSR count). The maximum Gasteiger partial charge on any atom is 0.166 e. The monoisotopic (exact) mass is 143 g/mol. The van der Waals surface area contributed by atoms with Gasteiger partial charge in [0.15, 0.2) is 5.78 Å². The first kappa shape index (κ1) is 6.27. The van der Waals surface area contributed by atoms with E-state index >= 15 is 0 Å². The first-order valence-electron chi connectivity index (χ1n) is 3.32. The molecule has 2 fully saturated rings. The van der Waals surface area contributed by atoms with E-state index in [9.17, 15) is 9.90 Å². The maximum atomic E-state index is 10.9. The molecule has 0 unspecified atom stereocenters. The summed E-state index contributed by atoms with van der Waals surface area (Å²) in [6.45, 7) is 0. The van der Waals surface area contributed by atoms with Crippen molar-refractivity contribution in [2.75, 3.05) is 0 Å². The van der Waals surface area contributed by atoms with Crippen LogP contribution >= 0.6 is 0 Å². The van der Waals surface area contributed by atoms with Crippen LogP contribution in [0, 0.1) is 0 Å². The van der Waals surface area contributed by atoms with Gasteiger partial charge < -0.3 is 15.6 Å². The van der Waals surface area contributed by atoms with E-state index in [1.807, 2.05) is 0 Å². The number of hydrogen-bond donors (Lipinski definition) is 2. The molecule has 0 aromatic heterocycles. The van der Waals surface area contributed by atoms with Crippen LogP contribution in [0.5, 0.6) is 0 Å². The Balaban J connectivity index is 2.24. The fourth-order valence-electron chi connectivity index (χ4n) is 1.55. The summed E-state index contributed by atoms with van der Waals surface area (Å²) in [5.41, 5.74) is 5.50. The molecule has 2 aliphatic heterocycles. The van der Waals surface area contributed by atoms with Crippen molar-refractivity contribution in [1.29, 1.82) is 0 Å². The molecule has 10 heavy (non-hydrogen) atoms. The number of nitrogens with two attached hydrogens (primary N) is 1. The summed E-state index contributed by atoms with van der Waals surface area (Å²) in [5, 5.41) is 9.19. The third-order valence-electron chi connectivity index (χ3n) is 2.17. The Hall–Kier alpha value is -0.450. The number of aliphatic hydroxyl groups is 1. The normalized spacial score (nSPS) is 52.4. The number of aliphatic hydroxyl groups excluding tert-OH is 1. The number of ketones is 1. The molecule has 0 aromatic carbocycles. The van der Waals surface area contributed by atoms with Gasteiger partial charge >= 0.3 is 0 Å². The molecule has 4 heteroatoms. The van der Waals surface area contributed by atoms with Crippen molar-refractivity contribution in [2.24, 2.45) is 5.73 Å². The highest BCUT2D eigenvalue weighted by Crippen LogP contribution is 2.30. The van der Waals surface area contributed by atoms with Crippen LogP contribution in [-0.2, 0) is 9.53 Å². The van der Waals surface area contributed by atoms with Crippen LogP contribution in [0.25, 0.3) is 0 Å². The van der Waals surface area contributed by atoms with E-state index in [4.69, 9.17) is 10.5 Å². The fraction of sp³-hybridized carbons (Fsp3) is 0.833. The zero-order valence-electron chi connectivity index (χ0n) is 5.36. The van der Waals surface area contributed by atoms with Crippen LogP contribution in [0.3, 0.4) is 0 Å². The van der Waals surface area contributed by atoms with Crippen LogP contribution < -0.4 is 5.73 Å². The second kappa shape index (κ2) is 1.78. The van der Waals surface area contributed by atoms with E-state index < -0.39 is 12.2 Å². The highest BCUT2D eigenvalue weighted by atomic mass is 16.5. The lowest BCUT2D eigenvalue weighted by Crippen LogP contribution is -2.47. The predicted octanol–water partition coefficient (Wildman–Crippen LogP) is -1.59. The fourth-order valence-corrected chi connectivity index (χ4v) is 1.55. The van der Waals surface area contributed by atoms with E-state index in [0.717, 1.165) is 0 Å². The van der Waals surface area contributed by atoms with Crippen molar-refractivity contribution in [1.82, 2.24) is 0 Å². The molecule has 0 saturated carbocycles. The van der Waals surface area contributed by atoms with E-state index in [0.29, 0.717) is 6.42 Å². The molecular weight excluding hydrogens is 134 g/mol. The predicted molar refractivity (Wildman–Crippen MR) is 32.3 cm³/mol. The smallest absolute Gasteiger partial charge is 0.166 e. The summed E-state index contributed by atoms with van der Waals surface area (Å²) in [7, 11) is 0. The molecular formula is C6H9NO3.